The van der Waals surface area contributed by atoms with Gasteiger partial charge in [0.1, 0.15) is 5.82 Å². The molecule has 0 saturated heterocycles. The fraction of sp³-hybridized carbons (Fsp3) is 0.462. The number of nitrogens with one attached hydrogen (secondary N) is 2. The minimum absolute atomic E-state index is 0.243. The maximum atomic E-state index is 10.4. The van der Waals surface area contributed by atoms with E-state index in [1.807, 2.05) is 56.3 Å². The van der Waals surface area contributed by atoms with Crippen molar-refractivity contribution >= 4 is 22.7 Å². The predicted molar refractivity (Wildman–Crippen MR) is 134 cm³/mol. The van der Waals surface area contributed by atoms with Crippen LogP contribution >= 0.6 is 0 Å². The van der Waals surface area contributed by atoms with Crippen LogP contribution in [0.3, 0.4) is 0 Å². The Morgan fingerprint density at radius 3 is 2.58 bits per heavy atom. The Bertz CT molecular complexity index is 1060. The highest BCUT2D eigenvalue weighted by Crippen LogP contribution is 2.31. The smallest absolute Gasteiger partial charge is 0.225 e. The van der Waals surface area contributed by atoms with E-state index in [0.29, 0.717) is 36.8 Å². The number of fused-ring (bicyclic) bond motifs is 1. The van der Waals surface area contributed by atoms with E-state index in [4.69, 9.17) is 14.7 Å². The van der Waals surface area contributed by atoms with Gasteiger partial charge in [0.25, 0.3) is 0 Å². The maximum Gasteiger partial charge on any atom is 0.225 e. The zero-order chi connectivity index (χ0) is 23.2. The van der Waals surface area contributed by atoms with Crippen molar-refractivity contribution in [3.8, 4) is 11.5 Å². The van der Waals surface area contributed by atoms with E-state index in [1.165, 1.54) is 0 Å². The largest absolute Gasteiger partial charge is 0.504 e. The number of phenolic OH excluding ortho intramolecular Hbond substituents is 1. The first-order chi connectivity index (χ1) is 16.0. The summed E-state index contributed by atoms with van der Waals surface area (Å²) in [5.41, 5.74) is 1.84. The molecule has 4 rings (SSSR count). The number of aromatic hydroxyl groups is 1. The number of ether oxygens (including phenoxy) is 1. The van der Waals surface area contributed by atoms with Crippen LogP contribution in [0.15, 0.2) is 42.5 Å². The molecule has 1 saturated carbocycles. The Morgan fingerprint density at radius 1 is 1.03 bits per heavy atom. The zero-order valence-corrected chi connectivity index (χ0v) is 19.8. The van der Waals surface area contributed by atoms with Crippen molar-refractivity contribution in [3.63, 3.8) is 0 Å². The molecule has 0 aliphatic heterocycles. The summed E-state index contributed by atoms with van der Waals surface area (Å²) in [4.78, 5) is 11.6. The summed E-state index contributed by atoms with van der Waals surface area (Å²) in [5.74, 6) is 3.08. The number of para-hydroxylation sites is 2. The summed E-state index contributed by atoms with van der Waals surface area (Å²) in [6.45, 7) is 4.05. The van der Waals surface area contributed by atoms with Gasteiger partial charge in [-0.1, -0.05) is 24.3 Å². The molecule has 1 aliphatic carbocycles. The van der Waals surface area contributed by atoms with Gasteiger partial charge in [-0.05, 0) is 63.3 Å². The fourth-order valence-electron chi connectivity index (χ4n) is 4.55. The fourth-order valence-corrected chi connectivity index (χ4v) is 4.55. The van der Waals surface area contributed by atoms with Crippen molar-refractivity contribution in [3.05, 3.63) is 48.0 Å². The quantitative estimate of drug-likeness (QED) is 0.442. The number of aromatic nitrogens is 2. The lowest BCUT2D eigenvalue weighted by Crippen LogP contribution is -2.31. The number of hydrogen-bond acceptors (Lipinski definition) is 7. The van der Waals surface area contributed by atoms with Crippen LogP contribution < -0.4 is 20.3 Å². The number of anilines is 2. The molecule has 0 amide bonds. The highest BCUT2D eigenvalue weighted by atomic mass is 16.5. The first-order valence-corrected chi connectivity index (χ1v) is 11.9. The molecule has 7 nitrogen and oxygen atoms in total. The molecule has 0 radical (unpaired) electrons. The molecular weight excluding hydrogens is 414 g/mol. The molecule has 1 fully saturated rings. The highest BCUT2D eigenvalue weighted by molar-refractivity contribution is 5.90. The van der Waals surface area contributed by atoms with Crippen molar-refractivity contribution in [2.75, 3.05) is 37.5 Å². The Kier molecular flexibility index (Phi) is 7.50. The lowest BCUT2D eigenvalue weighted by atomic mass is 9.86. The number of nitrogens with zero attached hydrogens (tertiary/aromatic N) is 3. The third kappa shape index (κ3) is 5.66. The third-order valence-electron chi connectivity index (χ3n) is 6.32. The Balaban J connectivity index is 1.28. The van der Waals surface area contributed by atoms with Gasteiger partial charge in [-0.15, -0.1) is 0 Å². The van der Waals surface area contributed by atoms with E-state index in [-0.39, 0.29) is 5.75 Å². The van der Waals surface area contributed by atoms with Crippen LogP contribution in [0.4, 0.5) is 11.8 Å². The lowest BCUT2D eigenvalue weighted by molar-refractivity contribution is 0.313. The molecule has 0 unspecified atom stereocenters. The molecule has 0 spiro atoms. The van der Waals surface area contributed by atoms with E-state index in [2.05, 4.69) is 16.7 Å². The van der Waals surface area contributed by atoms with E-state index >= 15 is 0 Å². The second kappa shape index (κ2) is 10.7. The second-order valence-electron chi connectivity index (χ2n) is 8.97. The highest BCUT2D eigenvalue weighted by Gasteiger charge is 2.22. The zero-order valence-electron chi connectivity index (χ0n) is 19.8. The van der Waals surface area contributed by atoms with Crippen LogP contribution in [-0.4, -0.2) is 48.4 Å². The van der Waals surface area contributed by atoms with Gasteiger partial charge >= 0.3 is 0 Å². The molecule has 1 heterocycles. The Hall–Kier alpha value is -3.06. The number of benzene rings is 2. The van der Waals surface area contributed by atoms with Crippen molar-refractivity contribution in [2.24, 2.45) is 5.92 Å². The SMILES string of the molecule is CCOc1cccc(CNC[C@H]2CC[C@@H](Nc3nc(N(C)C)c4ccccc4n3)CC2)c1O. The molecule has 0 bridgehead atoms. The number of rotatable bonds is 9. The van der Waals surface area contributed by atoms with E-state index in [1.54, 1.807) is 6.07 Å². The number of phenols is 1. The van der Waals surface area contributed by atoms with Gasteiger partial charge in [0.05, 0.1) is 12.1 Å². The lowest BCUT2D eigenvalue weighted by Gasteiger charge is -2.29. The summed E-state index contributed by atoms with van der Waals surface area (Å²) in [6.07, 6.45) is 4.52. The van der Waals surface area contributed by atoms with Gasteiger partial charge in [-0.2, -0.15) is 4.98 Å². The van der Waals surface area contributed by atoms with Gasteiger partial charge in [0.15, 0.2) is 11.5 Å². The summed E-state index contributed by atoms with van der Waals surface area (Å²) < 4.78 is 5.48. The molecule has 33 heavy (non-hydrogen) atoms. The number of hydrogen-bond donors (Lipinski definition) is 3. The molecule has 176 valence electrons. The summed E-state index contributed by atoms with van der Waals surface area (Å²) >= 11 is 0. The van der Waals surface area contributed by atoms with Crippen LogP contribution in [-0.2, 0) is 6.54 Å². The normalized spacial score (nSPS) is 18.3. The van der Waals surface area contributed by atoms with Crippen molar-refractivity contribution in [1.82, 2.24) is 15.3 Å². The van der Waals surface area contributed by atoms with Gasteiger partial charge in [0, 0.05) is 37.6 Å². The molecular formula is C26H35N5O2. The molecule has 7 heteroatoms. The van der Waals surface area contributed by atoms with Crippen LogP contribution in [0, 0.1) is 5.92 Å². The average Bonchev–Trinajstić information content (AvgIpc) is 2.82. The van der Waals surface area contributed by atoms with Gasteiger partial charge in [-0.3, -0.25) is 0 Å². The topological polar surface area (TPSA) is 82.5 Å². The second-order valence-corrected chi connectivity index (χ2v) is 8.97. The predicted octanol–water partition coefficient (Wildman–Crippen LogP) is 4.56. The minimum atomic E-state index is 0.243. The monoisotopic (exact) mass is 449 g/mol. The third-order valence-corrected chi connectivity index (χ3v) is 6.32. The first kappa shape index (κ1) is 23.1. The summed E-state index contributed by atoms with van der Waals surface area (Å²) in [7, 11) is 4.03. The molecule has 3 N–H and O–H groups in total. The minimum Gasteiger partial charge on any atom is -0.504 e. The van der Waals surface area contributed by atoms with Gasteiger partial charge < -0.3 is 25.4 Å². The van der Waals surface area contributed by atoms with E-state index in [9.17, 15) is 5.11 Å². The van der Waals surface area contributed by atoms with E-state index < -0.39 is 0 Å². The maximum absolute atomic E-state index is 10.4. The van der Waals surface area contributed by atoms with Crippen LogP contribution in [0.2, 0.25) is 0 Å². The average molecular weight is 450 g/mol. The van der Waals surface area contributed by atoms with Gasteiger partial charge in [-0.25, -0.2) is 4.98 Å². The van der Waals surface area contributed by atoms with Crippen LogP contribution in [0.1, 0.15) is 38.2 Å². The van der Waals surface area contributed by atoms with Crippen LogP contribution in [0.5, 0.6) is 11.5 Å². The standard InChI is InChI=1S/C26H35N5O2/c1-4-33-23-11-7-8-19(24(23)32)17-27-16-18-12-14-20(15-13-18)28-26-29-22-10-6-5-9-21(22)25(30-26)31(2)3/h5-11,18,20,27,32H,4,12-17H2,1-3H3,(H,28,29,30)/t18-,20+. The first-order valence-electron chi connectivity index (χ1n) is 11.9. The summed E-state index contributed by atoms with van der Waals surface area (Å²) in [6, 6.07) is 14.2. The Labute approximate surface area is 196 Å². The van der Waals surface area contributed by atoms with Crippen molar-refractivity contribution in [2.45, 2.75) is 45.2 Å². The Morgan fingerprint density at radius 2 is 1.82 bits per heavy atom. The molecule has 0 atom stereocenters. The molecule has 2 aromatic carbocycles. The van der Waals surface area contributed by atoms with Crippen LogP contribution in [0.25, 0.3) is 10.9 Å². The molecule has 3 aromatic rings. The van der Waals surface area contributed by atoms with Gasteiger partial charge in [0.2, 0.25) is 5.95 Å². The molecule has 1 aromatic heterocycles. The summed E-state index contributed by atoms with van der Waals surface area (Å²) in [5, 5.41) is 18.5. The van der Waals surface area contributed by atoms with Crippen molar-refractivity contribution < 1.29 is 9.84 Å². The van der Waals surface area contributed by atoms with Crippen molar-refractivity contribution in [1.29, 1.82) is 0 Å². The van der Waals surface area contributed by atoms with E-state index in [0.717, 1.165) is 54.5 Å². The molecule has 1 aliphatic rings.